The van der Waals surface area contributed by atoms with Crippen LogP contribution < -0.4 is 10.5 Å². The van der Waals surface area contributed by atoms with Crippen LogP contribution in [0.25, 0.3) is 22.1 Å². The predicted molar refractivity (Wildman–Crippen MR) is 116 cm³/mol. The molecule has 0 saturated heterocycles. The maximum Gasteiger partial charge on any atom is 0.297 e. The molecule has 2 aromatic carbocycles. The maximum absolute atomic E-state index is 12.9. The lowest BCUT2D eigenvalue weighted by molar-refractivity contribution is -0.115. The van der Waals surface area contributed by atoms with E-state index >= 15 is 0 Å². The maximum atomic E-state index is 12.9. The third kappa shape index (κ3) is 3.07. The van der Waals surface area contributed by atoms with E-state index in [0.29, 0.717) is 21.9 Å². The number of para-hydroxylation sites is 2. The fourth-order valence-electron chi connectivity index (χ4n) is 3.38. The molecule has 5 aromatic rings. The molecule has 7 nitrogen and oxygen atoms in total. The summed E-state index contributed by atoms with van der Waals surface area (Å²) in [5.41, 5.74) is 2.55. The van der Waals surface area contributed by atoms with E-state index in [0.717, 1.165) is 11.1 Å². The lowest BCUT2D eigenvalue weighted by atomic mass is 10.2. The summed E-state index contributed by atoms with van der Waals surface area (Å²) in [6.45, 7) is 1.73. The Morgan fingerprint density at radius 1 is 1.13 bits per heavy atom. The van der Waals surface area contributed by atoms with Crippen molar-refractivity contribution < 1.29 is 9.21 Å². The fraction of sp³-hybridized carbons (Fsp3) is 0.0909. The molecule has 0 aliphatic rings. The molecule has 0 N–H and O–H groups in total. The Bertz CT molecular complexity index is 1440. The Labute approximate surface area is 174 Å². The Balaban J connectivity index is 1.50. The number of benzene rings is 2. The van der Waals surface area contributed by atoms with Crippen LogP contribution in [-0.2, 0) is 11.3 Å². The standard InChI is InChI=1S/C22H16N4O3S/c1-14(27)26(16-7-3-2-4-8-16)22-24-15(12-30-22)11-25-13-23-19-17-9-5-6-10-18(17)29-20(19)21(25)28/h2-10,12-13H,11H2,1H3. The summed E-state index contributed by atoms with van der Waals surface area (Å²) in [5, 5.41) is 3.20. The van der Waals surface area contributed by atoms with Crippen LogP contribution in [0.1, 0.15) is 12.6 Å². The van der Waals surface area contributed by atoms with Crippen LogP contribution in [-0.4, -0.2) is 20.4 Å². The van der Waals surface area contributed by atoms with Gasteiger partial charge in [-0.05, 0) is 24.3 Å². The normalized spacial score (nSPS) is 11.2. The van der Waals surface area contributed by atoms with Crippen LogP contribution in [0.5, 0.6) is 0 Å². The van der Waals surface area contributed by atoms with E-state index < -0.39 is 0 Å². The number of carbonyl (C=O) groups is 1. The summed E-state index contributed by atoms with van der Waals surface area (Å²) in [7, 11) is 0. The van der Waals surface area contributed by atoms with Gasteiger partial charge >= 0.3 is 0 Å². The van der Waals surface area contributed by atoms with Crippen LogP contribution in [0.3, 0.4) is 0 Å². The summed E-state index contributed by atoms with van der Waals surface area (Å²) < 4.78 is 7.19. The smallest absolute Gasteiger partial charge is 0.297 e. The van der Waals surface area contributed by atoms with Gasteiger partial charge in [-0.25, -0.2) is 9.97 Å². The largest absolute Gasteiger partial charge is 0.448 e. The van der Waals surface area contributed by atoms with Crippen molar-refractivity contribution in [3.05, 3.63) is 82.4 Å². The summed E-state index contributed by atoms with van der Waals surface area (Å²) in [4.78, 5) is 35.7. The van der Waals surface area contributed by atoms with Gasteiger partial charge in [0.15, 0.2) is 5.13 Å². The minimum absolute atomic E-state index is 0.135. The average molecular weight is 416 g/mol. The second-order valence-corrected chi connectivity index (χ2v) is 7.60. The monoisotopic (exact) mass is 416 g/mol. The number of anilines is 2. The van der Waals surface area contributed by atoms with E-state index in [1.54, 1.807) is 4.90 Å². The van der Waals surface area contributed by atoms with Gasteiger partial charge in [0.25, 0.3) is 5.56 Å². The summed E-state index contributed by atoms with van der Waals surface area (Å²) in [5.74, 6) is -0.135. The Hall–Kier alpha value is -3.78. The van der Waals surface area contributed by atoms with Gasteiger partial charge in [0.1, 0.15) is 11.1 Å². The van der Waals surface area contributed by atoms with E-state index in [1.807, 2.05) is 60.0 Å². The van der Waals surface area contributed by atoms with E-state index in [1.165, 1.54) is 29.2 Å². The number of hydrogen-bond acceptors (Lipinski definition) is 6. The predicted octanol–water partition coefficient (Wildman–Crippen LogP) is 4.33. The molecular weight excluding hydrogens is 400 g/mol. The molecule has 148 valence electrons. The van der Waals surface area contributed by atoms with Gasteiger partial charge in [-0.2, -0.15) is 0 Å². The van der Waals surface area contributed by atoms with Gasteiger partial charge < -0.3 is 4.42 Å². The molecule has 0 fully saturated rings. The molecule has 5 rings (SSSR count). The minimum atomic E-state index is -0.266. The van der Waals surface area contributed by atoms with Gasteiger partial charge in [0.2, 0.25) is 11.5 Å². The molecule has 0 aliphatic heterocycles. The van der Waals surface area contributed by atoms with Crippen molar-refractivity contribution in [3.63, 3.8) is 0 Å². The van der Waals surface area contributed by atoms with Crippen LogP contribution in [0.4, 0.5) is 10.8 Å². The first kappa shape index (κ1) is 18.3. The molecule has 1 amide bonds. The number of nitrogens with zero attached hydrogens (tertiary/aromatic N) is 4. The van der Waals surface area contributed by atoms with Crippen molar-refractivity contribution in [2.75, 3.05) is 4.90 Å². The number of rotatable bonds is 4. The van der Waals surface area contributed by atoms with Crippen LogP contribution in [0.2, 0.25) is 0 Å². The Morgan fingerprint density at radius 2 is 1.90 bits per heavy atom. The topological polar surface area (TPSA) is 81.2 Å². The molecule has 0 aliphatic carbocycles. The summed E-state index contributed by atoms with van der Waals surface area (Å²) >= 11 is 1.35. The highest BCUT2D eigenvalue weighted by Gasteiger charge is 2.19. The zero-order valence-corrected chi connectivity index (χ0v) is 16.8. The second kappa shape index (κ2) is 7.23. The molecule has 0 radical (unpaired) electrons. The zero-order chi connectivity index (χ0) is 20.7. The number of carbonyl (C=O) groups excluding carboxylic acids is 1. The van der Waals surface area contributed by atoms with Gasteiger partial charge in [-0.15, -0.1) is 11.3 Å². The highest BCUT2D eigenvalue weighted by molar-refractivity contribution is 7.14. The average Bonchev–Trinajstić information content (AvgIpc) is 3.36. The van der Waals surface area contributed by atoms with Crippen molar-refractivity contribution >= 4 is 50.1 Å². The summed E-state index contributed by atoms with van der Waals surface area (Å²) in [6.07, 6.45) is 1.51. The number of amides is 1. The molecule has 0 unspecified atom stereocenters. The molecule has 0 saturated carbocycles. The first-order valence-electron chi connectivity index (χ1n) is 9.28. The molecule has 30 heavy (non-hydrogen) atoms. The second-order valence-electron chi connectivity index (χ2n) is 6.76. The number of thiazole rings is 1. The molecule has 3 heterocycles. The summed E-state index contributed by atoms with van der Waals surface area (Å²) in [6, 6.07) is 16.8. The van der Waals surface area contributed by atoms with Gasteiger partial charge in [0.05, 0.1) is 24.3 Å². The molecule has 0 bridgehead atoms. The molecule has 3 aromatic heterocycles. The van der Waals surface area contributed by atoms with Crippen molar-refractivity contribution in [2.24, 2.45) is 0 Å². The highest BCUT2D eigenvalue weighted by Crippen LogP contribution is 2.29. The third-order valence-electron chi connectivity index (χ3n) is 4.74. The number of hydrogen-bond donors (Lipinski definition) is 0. The van der Waals surface area contributed by atoms with Gasteiger partial charge in [0, 0.05) is 17.7 Å². The zero-order valence-electron chi connectivity index (χ0n) is 16.0. The highest BCUT2D eigenvalue weighted by atomic mass is 32.1. The van der Waals surface area contributed by atoms with Crippen LogP contribution in [0.15, 0.2) is 75.5 Å². The quantitative estimate of drug-likeness (QED) is 0.436. The Morgan fingerprint density at radius 3 is 2.70 bits per heavy atom. The first-order chi connectivity index (χ1) is 14.6. The van der Waals surface area contributed by atoms with Gasteiger partial charge in [-0.1, -0.05) is 30.3 Å². The van der Waals surface area contributed by atoms with Crippen molar-refractivity contribution in [2.45, 2.75) is 13.5 Å². The lowest BCUT2D eigenvalue weighted by Gasteiger charge is -2.17. The lowest BCUT2D eigenvalue weighted by Crippen LogP contribution is -2.23. The number of aromatic nitrogens is 3. The van der Waals surface area contributed by atoms with Crippen LogP contribution in [0, 0.1) is 0 Å². The molecular formula is C22H16N4O3S. The third-order valence-corrected chi connectivity index (χ3v) is 5.62. The molecule has 8 heteroatoms. The van der Waals surface area contributed by atoms with Crippen molar-refractivity contribution in [1.29, 1.82) is 0 Å². The minimum Gasteiger partial charge on any atom is -0.448 e. The van der Waals surface area contributed by atoms with Crippen molar-refractivity contribution in [3.8, 4) is 0 Å². The SMILES string of the molecule is CC(=O)N(c1ccccc1)c1nc(Cn2cnc3c(oc4ccccc43)c2=O)cs1. The van der Waals surface area contributed by atoms with Gasteiger partial charge in [-0.3, -0.25) is 19.1 Å². The number of fused-ring (bicyclic) bond motifs is 3. The van der Waals surface area contributed by atoms with E-state index in [2.05, 4.69) is 9.97 Å². The van der Waals surface area contributed by atoms with Crippen LogP contribution >= 0.6 is 11.3 Å². The Kier molecular flexibility index (Phi) is 4.40. The van der Waals surface area contributed by atoms with Crippen molar-refractivity contribution in [1.82, 2.24) is 14.5 Å². The number of furan rings is 1. The molecule has 0 spiro atoms. The van der Waals surface area contributed by atoms with E-state index in [-0.39, 0.29) is 23.6 Å². The fourth-order valence-corrected chi connectivity index (χ4v) is 4.26. The van der Waals surface area contributed by atoms with E-state index in [4.69, 9.17) is 4.42 Å². The van der Waals surface area contributed by atoms with E-state index in [9.17, 15) is 9.59 Å². The first-order valence-corrected chi connectivity index (χ1v) is 10.2. The molecule has 0 atom stereocenters.